The van der Waals surface area contributed by atoms with Gasteiger partial charge in [0.25, 0.3) is 5.91 Å². The van der Waals surface area contributed by atoms with Crippen LogP contribution in [0.15, 0.2) is 64.4 Å². The molecule has 2 aromatic rings. The van der Waals surface area contributed by atoms with Gasteiger partial charge in [-0.1, -0.05) is 50.2 Å². The van der Waals surface area contributed by atoms with E-state index in [9.17, 15) is 34.8 Å². The maximum Gasteiger partial charge on any atom is 0.283 e. The summed E-state index contributed by atoms with van der Waals surface area (Å²) in [6.45, 7) is 6.34. The normalized spacial score (nSPS) is 29.4. The first-order chi connectivity index (χ1) is 16.9. The lowest BCUT2D eigenvalue weighted by atomic mass is 9.47. The lowest BCUT2D eigenvalue weighted by Gasteiger charge is -2.56. The zero-order valence-electron chi connectivity index (χ0n) is 19.8. The van der Waals surface area contributed by atoms with Crippen LogP contribution in [0.4, 0.5) is 0 Å². The highest BCUT2D eigenvalue weighted by atomic mass is 16.3. The standard InChI is InChI=1S/C28H25NO7/c1-26-11-16-15(14-7-5-4-6-8-14)9-10-17(30)19(16)22(32)21(26)24(34)28(36)23(33)20(25(35)29-3)18(31)12-27(28,2)13-26/h4-10,30,32-33,36H,3,11-13H2,1-2H3/t26-,27+,28+/m0/s1. The minimum atomic E-state index is -2.65. The number of Topliss-reactive ketones (excluding diaryl/α,β-unsaturated/α-hetero) is 2. The molecule has 0 aromatic heterocycles. The lowest BCUT2D eigenvalue weighted by Crippen LogP contribution is -2.65. The van der Waals surface area contributed by atoms with E-state index < -0.39 is 57.4 Å². The van der Waals surface area contributed by atoms with E-state index in [0.717, 1.165) is 11.1 Å². The van der Waals surface area contributed by atoms with Crippen molar-refractivity contribution in [1.82, 2.24) is 0 Å². The molecule has 0 saturated heterocycles. The summed E-state index contributed by atoms with van der Waals surface area (Å²) in [4.78, 5) is 42.3. The molecule has 0 radical (unpaired) electrons. The van der Waals surface area contributed by atoms with Crippen LogP contribution in [-0.4, -0.2) is 50.2 Å². The van der Waals surface area contributed by atoms with E-state index in [1.54, 1.807) is 13.0 Å². The summed E-state index contributed by atoms with van der Waals surface area (Å²) >= 11 is 0. The van der Waals surface area contributed by atoms with Gasteiger partial charge in [-0.05, 0) is 42.3 Å². The molecule has 0 aliphatic heterocycles. The topological polar surface area (TPSA) is 144 Å². The van der Waals surface area contributed by atoms with E-state index in [-0.39, 0.29) is 29.7 Å². The first-order valence-corrected chi connectivity index (χ1v) is 11.5. The monoisotopic (exact) mass is 487 g/mol. The zero-order chi connectivity index (χ0) is 26.2. The number of phenols is 1. The summed E-state index contributed by atoms with van der Waals surface area (Å²) in [5.74, 6) is -4.75. The van der Waals surface area contributed by atoms with Crippen LogP contribution in [0.25, 0.3) is 16.9 Å². The SMILES string of the molecule is C=NC(=O)C1=C(O)[C@@]2(O)C(=O)C3=C(O)c4c(O)ccc(-c5ccccc5)c4C[C@@]3(C)C[C@@]2(C)CC1=O. The third kappa shape index (κ3) is 2.85. The maximum atomic E-state index is 14.0. The van der Waals surface area contributed by atoms with E-state index in [1.165, 1.54) is 13.0 Å². The van der Waals surface area contributed by atoms with Gasteiger partial charge in [-0.25, -0.2) is 4.99 Å². The van der Waals surface area contributed by atoms with E-state index in [1.807, 2.05) is 30.3 Å². The van der Waals surface area contributed by atoms with Crippen LogP contribution in [0.5, 0.6) is 5.75 Å². The van der Waals surface area contributed by atoms with Gasteiger partial charge >= 0.3 is 0 Å². The molecule has 1 fully saturated rings. The number of amides is 1. The molecular weight excluding hydrogens is 462 g/mol. The molecule has 4 N–H and O–H groups in total. The number of hydrogen-bond acceptors (Lipinski definition) is 7. The number of hydrogen-bond donors (Lipinski definition) is 4. The summed E-state index contributed by atoms with van der Waals surface area (Å²) in [6, 6.07) is 12.6. The third-order valence-corrected chi connectivity index (χ3v) is 8.00. The van der Waals surface area contributed by atoms with Crippen LogP contribution in [0.2, 0.25) is 0 Å². The van der Waals surface area contributed by atoms with Crippen molar-refractivity contribution in [3.05, 3.63) is 70.5 Å². The van der Waals surface area contributed by atoms with Gasteiger partial charge in [0.2, 0.25) is 5.78 Å². The molecule has 8 heteroatoms. The number of phenolic OH excluding ortho intramolecular Hbond substituents is 1. The summed E-state index contributed by atoms with van der Waals surface area (Å²) in [5, 5.41) is 44.8. The molecule has 8 nitrogen and oxygen atoms in total. The Morgan fingerprint density at radius 2 is 1.67 bits per heavy atom. The fourth-order valence-electron chi connectivity index (χ4n) is 6.48. The number of aliphatic imine (C=N–C) groups is 1. The van der Waals surface area contributed by atoms with Gasteiger partial charge in [0, 0.05) is 22.8 Å². The predicted molar refractivity (Wildman–Crippen MR) is 131 cm³/mol. The Morgan fingerprint density at radius 1 is 1.00 bits per heavy atom. The molecule has 36 heavy (non-hydrogen) atoms. The second-order valence-corrected chi connectivity index (χ2v) is 10.4. The van der Waals surface area contributed by atoms with Gasteiger partial charge in [-0.15, -0.1) is 0 Å². The fraction of sp³-hybridized carbons (Fsp3) is 0.286. The van der Waals surface area contributed by atoms with Gasteiger partial charge in [0.1, 0.15) is 22.8 Å². The fourth-order valence-corrected chi connectivity index (χ4v) is 6.48. The molecule has 0 unspecified atom stereocenters. The molecule has 1 amide bonds. The number of aromatic hydroxyl groups is 1. The van der Waals surface area contributed by atoms with E-state index >= 15 is 0 Å². The molecular formula is C28H25NO7. The second-order valence-electron chi connectivity index (χ2n) is 10.4. The third-order valence-electron chi connectivity index (χ3n) is 8.00. The zero-order valence-corrected chi connectivity index (χ0v) is 19.8. The van der Waals surface area contributed by atoms with Crippen molar-refractivity contribution in [3.63, 3.8) is 0 Å². The highest BCUT2D eigenvalue weighted by Crippen LogP contribution is 2.62. The van der Waals surface area contributed by atoms with Gasteiger partial charge < -0.3 is 20.4 Å². The summed E-state index contributed by atoms with van der Waals surface area (Å²) < 4.78 is 0. The minimum Gasteiger partial charge on any atom is -0.508 e. The molecule has 5 rings (SSSR count). The Hall–Kier alpha value is -4.04. The van der Waals surface area contributed by atoms with Crippen LogP contribution in [0, 0.1) is 10.8 Å². The van der Waals surface area contributed by atoms with Crippen LogP contribution >= 0.6 is 0 Å². The van der Waals surface area contributed by atoms with E-state index in [2.05, 4.69) is 11.7 Å². The van der Waals surface area contributed by atoms with E-state index in [0.29, 0.717) is 5.56 Å². The van der Waals surface area contributed by atoms with Gasteiger partial charge in [0.15, 0.2) is 11.4 Å². The van der Waals surface area contributed by atoms with Crippen molar-refractivity contribution in [3.8, 4) is 16.9 Å². The van der Waals surface area contributed by atoms with Crippen LogP contribution < -0.4 is 0 Å². The molecule has 184 valence electrons. The van der Waals surface area contributed by atoms with Crippen molar-refractivity contribution in [2.75, 3.05) is 0 Å². The van der Waals surface area contributed by atoms with Crippen molar-refractivity contribution < 1.29 is 34.8 Å². The molecule has 3 aliphatic carbocycles. The Bertz CT molecular complexity index is 1450. The lowest BCUT2D eigenvalue weighted by molar-refractivity contribution is -0.165. The van der Waals surface area contributed by atoms with Crippen molar-refractivity contribution >= 4 is 30.0 Å². The summed E-state index contributed by atoms with van der Waals surface area (Å²) in [7, 11) is 0. The molecule has 0 bridgehead atoms. The molecule has 0 heterocycles. The molecule has 1 saturated carbocycles. The Kier molecular flexibility index (Phi) is 4.92. The van der Waals surface area contributed by atoms with E-state index in [4.69, 9.17) is 0 Å². The highest BCUT2D eigenvalue weighted by Gasteiger charge is 2.69. The van der Waals surface area contributed by atoms with Crippen LogP contribution in [0.3, 0.4) is 0 Å². The van der Waals surface area contributed by atoms with Crippen molar-refractivity contribution in [1.29, 1.82) is 0 Å². The van der Waals surface area contributed by atoms with Crippen molar-refractivity contribution in [2.24, 2.45) is 15.8 Å². The highest BCUT2D eigenvalue weighted by molar-refractivity contribution is 6.24. The number of rotatable bonds is 2. The quantitative estimate of drug-likeness (QED) is 0.374. The first kappa shape index (κ1) is 23.7. The molecule has 3 aliphatic rings. The maximum absolute atomic E-state index is 14.0. The average molecular weight is 488 g/mol. The Morgan fingerprint density at radius 3 is 2.31 bits per heavy atom. The Labute approximate surface area is 206 Å². The number of ketones is 2. The molecule has 2 aromatic carbocycles. The number of carbonyl (C=O) groups excluding carboxylic acids is 3. The van der Waals surface area contributed by atoms with Gasteiger partial charge in [-0.2, -0.15) is 0 Å². The summed E-state index contributed by atoms with van der Waals surface area (Å²) in [6.07, 6.45) is -0.141. The number of carbonyl (C=O) groups is 3. The first-order valence-electron chi connectivity index (χ1n) is 11.5. The number of benzene rings is 2. The van der Waals surface area contributed by atoms with Crippen LogP contribution in [0.1, 0.15) is 37.8 Å². The smallest absolute Gasteiger partial charge is 0.283 e. The predicted octanol–water partition coefficient (Wildman–Crippen LogP) is 3.61. The number of aliphatic hydroxyl groups excluding tert-OH is 2. The minimum absolute atomic E-state index is 0.0315. The number of fused-ring (bicyclic) bond motifs is 3. The average Bonchev–Trinajstić information content (AvgIpc) is 2.81. The van der Waals surface area contributed by atoms with Gasteiger partial charge in [-0.3, -0.25) is 14.4 Å². The number of nitrogens with zero attached hydrogens (tertiary/aromatic N) is 1. The van der Waals surface area contributed by atoms with Crippen LogP contribution in [-0.2, 0) is 20.8 Å². The second kappa shape index (κ2) is 7.48. The molecule has 3 atom stereocenters. The number of aliphatic hydroxyl groups is 3. The molecule has 0 spiro atoms. The Balaban J connectivity index is 1.79. The van der Waals surface area contributed by atoms with Crippen molar-refractivity contribution in [2.45, 2.75) is 38.7 Å². The van der Waals surface area contributed by atoms with Gasteiger partial charge in [0.05, 0.1) is 5.56 Å². The largest absolute Gasteiger partial charge is 0.508 e. The summed E-state index contributed by atoms with van der Waals surface area (Å²) in [5.41, 5.74) is -3.82.